The Hall–Kier alpha value is -1.10. The molecular formula is C10H12BrN3O. The van der Waals surface area contributed by atoms with Gasteiger partial charge < -0.3 is 10.6 Å². The van der Waals surface area contributed by atoms with Crippen LogP contribution in [0.3, 0.4) is 0 Å². The van der Waals surface area contributed by atoms with E-state index in [1.807, 2.05) is 13.1 Å². The van der Waals surface area contributed by atoms with Gasteiger partial charge in [0.15, 0.2) is 0 Å². The zero-order chi connectivity index (χ0) is 11.0. The van der Waals surface area contributed by atoms with Crippen molar-refractivity contribution in [3.8, 4) is 0 Å². The molecule has 1 fully saturated rings. The van der Waals surface area contributed by atoms with Crippen molar-refractivity contribution < 1.29 is 4.79 Å². The Balaban J connectivity index is 2.24. The lowest BCUT2D eigenvalue weighted by Crippen LogP contribution is -2.18. The second kappa shape index (κ2) is 3.81. The molecule has 1 aliphatic heterocycles. The highest BCUT2D eigenvalue weighted by Crippen LogP contribution is 2.29. The second-order valence-corrected chi connectivity index (χ2v) is 4.67. The largest absolute Gasteiger partial charge is 0.383 e. The van der Waals surface area contributed by atoms with Gasteiger partial charge in [-0.1, -0.05) is 0 Å². The number of likely N-dealkylation sites (N-methyl/N-ethyl adjacent to an activating group) is 1. The van der Waals surface area contributed by atoms with Crippen molar-refractivity contribution in [2.45, 2.75) is 12.3 Å². The fourth-order valence-corrected chi connectivity index (χ4v) is 2.14. The fourth-order valence-electron chi connectivity index (χ4n) is 1.77. The maximum absolute atomic E-state index is 11.4. The summed E-state index contributed by atoms with van der Waals surface area (Å²) in [5.74, 6) is 0.913. The molecule has 5 heteroatoms. The van der Waals surface area contributed by atoms with Crippen molar-refractivity contribution in [1.82, 2.24) is 9.88 Å². The lowest BCUT2D eigenvalue weighted by Gasteiger charge is -2.10. The van der Waals surface area contributed by atoms with Gasteiger partial charge in [0, 0.05) is 32.1 Å². The molecule has 1 aliphatic rings. The summed E-state index contributed by atoms with van der Waals surface area (Å²) in [7, 11) is 1.82. The van der Waals surface area contributed by atoms with Crippen molar-refractivity contribution in [1.29, 1.82) is 0 Å². The van der Waals surface area contributed by atoms with Gasteiger partial charge in [0.25, 0.3) is 0 Å². The normalized spacial score (nSPS) is 21.1. The lowest BCUT2D eigenvalue weighted by atomic mass is 10.0. The van der Waals surface area contributed by atoms with E-state index in [9.17, 15) is 4.79 Å². The first kappa shape index (κ1) is 10.4. The van der Waals surface area contributed by atoms with Gasteiger partial charge in [0.2, 0.25) is 5.91 Å². The van der Waals surface area contributed by atoms with E-state index in [1.54, 1.807) is 11.1 Å². The Bertz CT molecular complexity index is 408. The number of hydrogen-bond donors (Lipinski definition) is 1. The molecule has 1 amide bonds. The minimum Gasteiger partial charge on any atom is -0.383 e. The van der Waals surface area contributed by atoms with Crippen LogP contribution in [-0.2, 0) is 4.79 Å². The molecule has 0 radical (unpaired) electrons. The van der Waals surface area contributed by atoms with Crippen LogP contribution in [0.15, 0.2) is 16.7 Å². The van der Waals surface area contributed by atoms with Crippen molar-refractivity contribution in [2.24, 2.45) is 0 Å². The van der Waals surface area contributed by atoms with Crippen LogP contribution in [0, 0.1) is 0 Å². The number of amides is 1. The Kier molecular flexibility index (Phi) is 2.65. The highest BCUT2D eigenvalue weighted by atomic mass is 79.9. The Morgan fingerprint density at radius 1 is 1.67 bits per heavy atom. The van der Waals surface area contributed by atoms with Crippen molar-refractivity contribution in [3.63, 3.8) is 0 Å². The number of rotatable bonds is 1. The predicted octanol–water partition coefficient (Wildman–Crippen LogP) is 1.37. The first-order valence-electron chi connectivity index (χ1n) is 4.73. The number of nitrogens with zero attached hydrogens (tertiary/aromatic N) is 2. The molecule has 0 aromatic carbocycles. The van der Waals surface area contributed by atoms with E-state index in [0.717, 1.165) is 16.6 Å². The van der Waals surface area contributed by atoms with Gasteiger partial charge in [-0.15, -0.1) is 0 Å². The van der Waals surface area contributed by atoms with Gasteiger partial charge in [-0.05, 0) is 27.6 Å². The van der Waals surface area contributed by atoms with Crippen LogP contribution in [0.25, 0.3) is 0 Å². The molecule has 1 saturated heterocycles. The van der Waals surface area contributed by atoms with E-state index in [4.69, 9.17) is 5.73 Å². The number of anilines is 1. The summed E-state index contributed by atoms with van der Waals surface area (Å²) < 4.78 is 0.794. The van der Waals surface area contributed by atoms with Gasteiger partial charge in [0.05, 0.1) is 4.47 Å². The van der Waals surface area contributed by atoms with Crippen LogP contribution in [0.4, 0.5) is 5.82 Å². The predicted molar refractivity (Wildman–Crippen MR) is 61.3 cm³/mol. The summed E-state index contributed by atoms with van der Waals surface area (Å²) in [6, 6.07) is 1.94. The van der Waals surface area contributed by atoms with Crippen LogP contribution < -0.4 is 5.73 Å². The molecule has 0 saturated carbocycles. The number of pyridine rings is 1. The third-order valence-electron chi connectivity index (χ3n) is 2.70. The maximum atomic E-state index is 11.4. The molecule has 2 heterocycles. The number of nitrogen functional groups attached to an aromatic ring is 1. The number of likely N-dealkylation sites (tertiary alicyclic amines) is 1. The molecule has 1 aromatic heterocycles. The van der Waals surface area contributed by atoms with Gasteiger partial charge >= 0.3 is 0 Å². The molecule has 1 atom stereocenters. The third-order valence-corrected chi connectivity index (χ3v) is 3.34. The average molecular weight is 270 g/mol. The first-order chi connectivity index (χ1) is 7.08. The number of carbonyl (C=O) groups is 1. The number of hydrogen-bond acceptors (Lipinski definition) is 3. The molecule has 2 rings (SSSR count). The monoisotopic (exact) mass is 269 g/mol. The third kappa shape index (κ3) is 1.97. The average Bonchev–Trinajstić information content (AvgIpc) is 2.52. The molecule has 0 spiro atoms. The minimum atomic E-state index is 0.188. The highest BCUT2D eigenvalue weighted by Gasteiger charge is 2.28. The van der Waals surface area contributed by atoms with Crippen LogP contribution >= 0.6 is 15.9 Å². The van der Waals surface area contributed by atoms with E-state index in [1.165, 1.54) is 0 Å². The Morgan fingerprint density at radius 3 is 2.93 bits per heavy atom. The first-order valence-corrected chi connectivity index (χ1v) is 5.52. The number of aromatic nitrogens is 1. The molecular weight excluding hydrogens is 258 g/mol. The molecule has 1 unspecified atom stereocenters. The molecule has 2 N–H and O–H groups in total. The SMILES string of the molecule is CN1CC(c2cnc(N)c(Br)c2)CC1=O. The van der Waals surface area contributed by atoms with Crippen molar-refractivity contribution in [3.05, 3.63) is 22.3 Å². The summed E-state index contributed by atoms with van der Waals surface area (Å²) >= 11 is 3.34. The van der Waals surface area contributed by atoms with Crippen LogP contribution in [0.2, 0.25) is 0 Å². The van der Waals surface area contributed by atoms with E-state index in [-0.39, 0.29) is 11.8 Å². The molecule has 4 nitrogen and oxygen atoms in total. The van der Waals surface area contributed by atoms with Gasteiger partial charge in [-0.25, -0.2) is 4.98 Å². The molecule has 0 aliphatic carbocycles. The number of halogens is 1. The van der Waals surface area contributed by atoms with Crippen LogP contribution in [-0.4, -0.2) is 29.4 Å². The van der Waals surface area contributed by atoms with Gasteiger partial charge in [0.1, 0.15) is 5.82 Å². The minimum absolute atomic E-state index is 0.188. The summed E-state index contributed by atoms with van der Waals surface area (Å²) in [4.78, 5) is 17.2. The number of nitrogens with two attached hydrogens (primary N) is 1. The molecule has 15 heavy (non-hydrogen) atoms. The van der Waals surface area contributed by atoms with Gasteiger partial charge in [-0.2, -0.15) is 0 Å². The quantitative estimate of drug-likeness (QED) is 0.838. The van der Waals surface area contributed by atoms with E-state index >= 15 is 0 Å². The summed E-state index contributed by atoms with van der Waals surface area (Å²) in [6.45, 7) is 0.761. The Morgan fingerprint density at radius 2 is 2.40 bits per heavy atom. The summed E-state index contributed by atoms with van der Waals surface area (Å²) in [5, 5.41) is 0. The zero-order valence-corrected chi connectivity index (χ0v) is 9.99. The van der Waals surface area contributed by atoms with E-state index in [0.29, 0.717) is 12.2 Å². The van der Waals surface area contributed by atoms with Crippen LogP contribution in [0.5, 0.6) is 0 Å². The standard InChI is InChI=1S/C10H12BrN3O/c1-14-5-7(3-9(14)15)6-2-8(11)10(12)13-4-6/h2,4,7H,3,5H2,1H3,(H2,12,13). The van der Waals surface area contributed by atoms with E-state index in [2.05, 4.69) is 20.9 Å². The lowest BCUT2D eigenvalue weighted by molar-refractivity contribution is -0.126. The molecule has 0 bridgehead atoms. The maximum Gasteiger partial charge on any atom is 0.223 e. The topological polar surface area (TPSA) is 59.2 Å². The summed E-state index contributed by atoms with van der Waals surface area (Å²) in [6.07, 6.45) is 2.31. The van der Waals surface area contributed by atoms with E-state index < -0.39 is 0 Å². The van der Waals surface area contributed by atoms with Crippen molar-refractivity contribution >= 4 is 27.7 Å². The van der Waals surface area contributed by atoms with Crippen molar-refractivity contribution in [2.75, 3.05) is 19.3 Å². The second-order valence-electron chi connectivity index (χ2n) is 3.81. The molecule has 80 valence electrons. The highest BCUT2D eigenvalue weighted by molar-refractivity contribution is 9.10. The molecule has 1 aromatic rings. The smallest absolute Gasteiger partial charge is 0.223 e. The fraction of sp³-hybridized carbons (Fsp3) is 0.400. The summed E-state index contributed by atoms with van der Waals surface area (Å²) in [5.41, 5.74) is 6.67. The zero-order valence-electron chi connectivity index (χ0n) is 8.40. The number of carbonyl (C=O) groups excluding carboxylic acids is 1. The van der Waals surface area contributed by atoms with Crippen LogP contribution in [0.1, 0.15) is 17.9 Å². The Labute approximate surface area is 96.6 Å². The van der Waals surface area contributed by atoms with Gasteiger partial charge in [-0.3, -0.25) is 4.79 Å².